The summed E-state index contributed by atoms with van der Waals surface area (Å²) in [5, 5.41) is 7.89. The molecule has 0 atom stereocenters. The van der Waals surface area contributed by atoms with Crippen LogP contribution >= 0.6 is 0 Å². The highest BCUT2D eigenvalue weighted by Gasteiger charge is 2.08. The van der Waals surface area contributed by atoms with Crippen LogP contribution in [-0.2, 0) is 27.8 Å². The van der Waals surface area contributed by atoms with Crippen LogP contribution in [0.3, 0.4) is 0 Å². The number of para-hydroxylation sites is 1. The van der Waals surface area contributed by atoms with Crippen LogP contribution in [0.25, 0.3) is 0 Å². The van der Waals surface area contributed by atoms with Gasteiger partial charge in [0.25, 0.3) is 0 Å². The molecule has 0 aliphatic carbocycles. The molecule has 0 aliphatic heterocycles. The Bertz CT molecular complexity index is 802. The van der Waals surface area contributed by atoms with Gasteiger partial charge in [-0.3, -0.25) is 4.79 Å². The molecule has 0 unspecified atom stereocenters. The van der Waals surface area contributed by atoms with Crippen LogP contribution in [0.15, 0.2) is 53.4 Å². The Hall–Kier alpha value is -2.38. The number of aryl methyl sites for hydroxylation is 1. The molecule has 2 aromatic rings. The molecular weight excluding hydrogens is 328 g/mol. The van der Waals surface area contributed by atoms with Gasteiger partial charge in [-0.05, 0) is 30.2 Å². The number of hydrogen-bond acceptors (Lipinski definition) is 4. The second-order valence-corrected chi connectivity index (χ2v) is 6.84. The first-order chi connectivity index (χ1) is 11.4. The van der Waals surface area contributed by atoms with E-state index in [9.17, 15) is 13.2 Å². The Morgan fingerprint density at radius 3 is 2.42 bits per heavy atom. The quantitative estimate of drug-likeness (QED) is 0.794. The van der Waals surface area contributed by atoms with Gasteiger partial charge in [0.15, 0.2) is 0 Å². The number of amides is 1. The lowest BCUT2D eigenvalue weighted by molar-refractivity contribution is -0.121. The van der Waals surface area contributed by atoms with E-state index in [0.717, 1.165) is 16.9 Å². The van der Waals surface area contributed by atoms with Gasteiger partial charge in [0.2, 0.25) is 15.9 Å². The van der Waals surface area contributed by atoms with Crippen LogP contribution in [0, 0.1) is 0 Å². The van der Waals surface area contributed by atoms with E-state index >= 15 is 0 Å². The topological polar surface area (TPSA) is 98.5 Å². The van der Waals surface area contributed by atoms with Crippen LogP contribution < -0.4 is 15.2 Å². The monoisotopic (exact) mass is 348 g/mol. The van der Waals surface area contributed by atoms with Crippen molar-refractivity contribution in [1.29, 1.82) is 0 Å². The summed E-state index contributed by atoms with van der Waals surface area (Å²) in [6, 6.07) is 13.7. The van der Waals surface area contributed by atoms with Crippen molar-refractivity contribution in [3.63, 3.8) is 0 Å². The molecule has 6 nitrogen and oxygen atoms in total. The molecule has 0 bridgehead atoms. The van der Waals surface area contributed by atoms with Crippen LogP contribution in [0.1, 0.15) is 17.5 Å². The zero-order valence-corrected chi connectivity index (χ0v) is 14.2. The minimum absolute atomic E-state index is 0.0619. The first-order valence-corrected chi connectivity index (χ1v) is 8.95. The predicted octanol–water partition coefficient (Wildman–Crippen LogP) is 1.59. The molecule has 2 rings (SSSR count). The van der Waals surface area contributed by atoms with Gasteiger partial charge in [-0.15, -0.1) is 0 Å². The summed E-state index contributed by atoms with van der Waals surface area (Å²) in [5.74, 6) is 0.646. The minimum Gasteiger partial charge on any atom is -0.496 e. The average molecular weight is 348 g/mol. The maximum Gasteiger partial charge on any atom is 0.238 e. The number of ether oxygens (including phenoxy) is 1. The van der Waals surface area contributed by atoms with Crippen molar-refractivity contribution in [1.82, 2.24) is 5.32 Å². The van der Waals surface area contributed by atoms with Crippen molar-refractivity contribution >= 4 is 15.9 Å². The molecule has 2 aromatic carbocycles. The molecular formula is C17H20N2O4S. The summed E-state index contributed by atoms with van der Waals surface area (Å²) in [4.78, 5) is 12.0. The first kappa shape index (κ1) is 18.0. The van der Waals surface area contributed by atoms with E-state index in [0.29, 0.717) is 19.4 Å². The molecule has 0 aliphatic rings. The number of methoxy groups -OCH3 is 1. The fourth-order valence-corrected chi connectivity index (χ4v) is 2.75. The summed E-state index contributed by atoms with van der Waals surface area (Å²) in [6.07, 6.45) is 0.826. The highest BCUT2D eigenvalue weighted by molar-refractivity contribution is 7.89. The third-order valence-corrected chi connectivity index (χ3v) is 4.49. The number of hydrogen-bond donors (Lipinski definition) is 2. The lowest BCUT2D eigenvalue weighted by Gasteiger charge is -2.09. The van der Waals surface area contributed by atoms with E-state index < -0.39 is 10.0 Å². The fraction of sp³-hybridized carbons (Fsp3) is 0.235. The van der Waals surface area contributed by atoms with Crippen molar-refractivity contribution in [3.05, 3.63) is 59.7 Å². The third kappa shape index (κ3) is 5.07. The van der Waals surface area contributed by atoms with Crippen molar-refractivity contribution in [3.8, 4) is 5.75 Å². The van der Waals surface area contributed by atoms with E-state index in [2.05, 4.69) is 5.32 Å². The number of benzene rings is 2. The molecule has 0 aromatic heterocycles. The van der Waals surface area contributed by atoms with Crippen LogP contribution in [0.2, 0.25) is 0 Å². The Labute approximate surface area is 141 Å². The molecule has 0 fully saturated rings. The van der Waals surface area contributed by atoms with Gasteiger partial charge in [0.05, 0.1) is 12.0 Å². The molecule has 0 saturated carbocycles. The lowest BCUT2D eigenvalue weighted by atomic mass is 10.1. The zero-order valence-electron chi connectivity index (χ0n) is 13.4. The van der Waals surface area contributed by atoms with Gasteiger partial charge in [-0.1, -0.05) is 30.3 Å². The predicted molar refractivity (Wildman–Crippen MR) is 91.0 cm³/mol. The van der Waals surface area contributed by atoms with E-state index in [1.54, 1.807) is 19.2 Å². The maximum absolute atomic E-state index is 11.9. The number of primary sulfonamides is 1. The number of carbonyl (C=O) groups is 1. The molecule has 0 saturated heterocycles. The SMILES string of the molecule is COc1ccccc1CNC(=O)CCc1ccc(S(N)(=O)=O)cc1. The molecule has 128 valence electrons. The molecule has 7 heteroatoms. The minimum atomic E-state index is -3.69. The lowest BCUT2D eigenvalue weighted by Crippen LogP contribution is -2.23. The van der Waals surface area contributed by atoms with Crippen LogP contribution in [0.5, 0.6) is 5.75 Å². The number of nitrogens with one attached hydrogen (secondary N) is 1. The summed E-state index contributed by atoms with van der Waals surface area (Å²) in [7, 11) is -2.10. The largest absolute Gasteiger partial charge is 0.496 e. The summed E-state index contributed by atoms with van der Waals surface area (Å²) >= 11 is 0. The first-order valence-electron chi connectivity index (χ1n) is 7.40. The number of rotatable bonds is 7. The average Bonchev–Trinajstić information content (AvgIpc) is 2.58. The number of sulfonamides is 1. The van der Waals surface area contributed by atoms with Crippen molar-refractivity contribution in [2.45, 2.75) is 24.3 Å². The van der Waals surface area contributed by atoms with Gasteiger partial charge in [-0.2, -0.15) is 0 Å². The smallest absolute Gasteiger partial charge is 0.238 e. The molecule has 0 spiro atoms. The van der Waals surface area contributed by atoms with Gasteiger partial charge < -0.3 is 10.1 Å². The Morgan fingerprint density at radius 1 is 1.12 bits per heavy atom. The van der Waals surface area contributed by atoms with Crippen molar-refractivity contribution < 1.29 is 17.9 Å². The van der Waals surface area contributed by atoms with Gasteiger partial charge in [-0.25, -0.2) is 13.6 Å². The molecule has 0 heterocycles. The number of carbonyl (C=O) groups excluding carboxylic acids is 1. The molecule has 1 amide bonds. The third-order valence-electron chi connectivity index (χ3n) is 3.56. The van der Waals surface area contributed by atoms with Gasteiger partial charge >= 0.3 is 0 Å². The van der Waals surface area contributed by atoms with Gasteiger partial charge in [0, 0.05) is 18.5 Å². The normalized spacial score (nSPS) is 11.1. The second kappa shape index (κ2) is 7.94. The summed E-state index contributed by atoms with van der Waals surface area (Å²) in [6.45, 7) is 0.396. The van der Waals surface area contributed by atoms with Crippen molar-refractivity contribution in [2.75, 3.05) is 7.11 Å². The molecule has 0 radical (unpaired) electrons. The van der Waals surface area contributed by atoms with E-state index in [1.165, 1.54) is 12.1 Å². The Balaban J connectivity index is 1.85. The standard InChI is InChI=1S/C17H20N2O4S/c1-23-16-5-3-2-4-14(16)12-19-17(20)11-8-13-6-9-15(10-7-13)24(18,21)22/h2-7,9-10H,8,11-12H2,1H3,(H,19,20)(H2,18,21,22). The number of nitrogens with two attached hydrogens (primary N) is 1. The molecule has 24 heavy (non-hydrogen) atoms. The Morgan fingerprint density at radius 2 is 1.79 bits per heavy atom. The van der Waals surface area contributed by atoms with Crippen LogP contribution in [-0.4, -0.2) is 21.4 Å². The van der Waals surface area contributed by atoms with Gasteiger partial charge in [0.1, 0.15) is 5.75 Å². The van der Waals surface area contributed by atoms with E-state index in [4.69, 9.17) is 9.88 Å². The Kier molecular flexibility index (Phi) is 5.94. The zero-order chi connectivity index (χ0) is 17.6. The van der Waals surface area contributed by atoms with E-state index in [1.807, 2.05) is 24.3 Å². The highest BCUT2D eigenvalue weighted by atomic mass is 32.2. The summed E-state index contributed by atoms with van der Waals surface area (Å²) in [5.41, 5.74) is 1.78. The van der Waals surface area contributed by atoms with E-state index in [-0.39, 0.29) is 10.8 Å². The maximum atomic E-state index is 11.9. The summed E-state index contributed by atoms with van der Waals surface area (Å²) < 4.78 is 27.6. The molecule has 3 N–H and O–H groups in total. The second-order valence-electron chi connectivity index (χ2n) is 5.28. The fourth-order valence-electron chi connectivity index (χ4n) is 2.23. The van der Waals surface area contributed by atoms with Crippen molar-refractivity contribution in [2.24, 2.45) is 5.14 Å². The highest BCUT2D eigenvalue weighted by Crippen LogP contribution is 2.16. The van der Waals surface area contributed by atoms with Crippen LogP contribution in [0.4, 0.5) is 0 Å².